The molecule has 0 saturated heterocycles. The lowest BCUT2D eigenvalue weighted by Crippen LogP contribution is -2.44. The fourth-order valence-electron chi connectivity index (χ4n) is 4.18. The maximum absolute atomic E-state index is 12.7. The van der Waals surface area contributed by atoms with Gasteiger partial charge in [0.1, 0.15) is 18.2 Å². The van der Waals surface area contributed by atoms with E-state index in [4.69, 9.17) is 14.2 Å². The molecule has 1 N–H and O–H groups in total. The summed E-state index contributed by atoms with van der Waals surface area (Å²) in [7, 11) is 0. The first kappa shape index (κ1) is 34.5. The molecule has 39 heavy (non-hydrogen) atoms. The van der Waals surface area contributed by atoms with Gasteiger partial charge in [-0.15, -0.1) is 0 Å². The van der Waals surface area contributed by atoms with Crippen LogP contribution in [0.15, 0.2) is 30.3 Å². The van der Waals surface area contributed by atoms with Gasteiger partial charge in [0.2, 0.25) is 0 Å². The van der Waals surface area contributed by atoms with E-state index in [1.165, 1.54) is 57.8 Å². The summed E-state index contributed by atoms with van der Waals surface area (Å²) in [5, 5.41) is 2.61. The second kappa shape index (κ2) is 21.3. The molecule has 1 aromatic rings. The van der Waals surface area contributed by atoms with Crippen LogP contribution in [0.2, 0.25) is 0 Å². The standard InChI is InChI=1S/C32H53NO6/c1-5-6-7-8-9-10-11-12-13-14-15-19-25-37-30(35)28(33-31(36)39-32(2,3)4)23-20-24-29(34)38-26-27-21-17-16-18-22-27/h16-18,21-22,28H,5-15,19-20,23-26H2,1-4H3,(H,33,36)/t28-/m0/s1. The van der Waals surface area contributed by atoms with Crippen LogP contribution in [0.1, 0.15) is 130 Å². The minimum absolute atomic E-state index is 0.144. The van der Waals surface area contributed by atoms with E-state index in [0.717, 1.165) is 24.8 Å². The van der Waals surface area contributed by atoms with E-state index >= 15 is 0 Å². The first-order valence-corrected chi connectivity index (χ1v) is 15.1. The molecule has 1 rings (SSSR count). The third kappa shape index (κ3) is 20.1. The molecule has 1 atom stereocenters. The van der Waals surface area contributed by atoms with Crippen molar-refractivity contribution in [3.8, 4) is 0 Å². The second-order valence-electron chi connectivity index (χ2n) is 11.3. The molecule has 0 spiro atoms. The number of hydrogen-bond acceptors (Lipinski definition) is 6. The third-order valence-electron chi connectivity index (χ3n) is 6.33. The highest BCUT2D eigenvalue weighted by Gasteiger charge is 2.25. The van der Waals surface area contributed by atoms with Crippen LogP contribution in [-0.4, -0.2) is 36.3 Å². The van der Waals surface area contributed by atoms with Crippen molar-refractivity contribution in [1.29, 1.82) is 0 Å². The van der Waals surface area contributed by atoms with E-state index < -0.39 is 23.7 Å². The van der Waals surface area contributed by atoms with E-state index in [1.54, 1.807) is 20.8 Å². The predicted octanol–water partition coefficient (Wildman–Crippen LogP) is 8.04. The van der Waals surface area contributed by atoms with Gasteiger partial charge in [-0.2, -0.15) is 0 Å². The van der Waals surface area contributed by atoms with E-state index in [2.05, 4.69) is 12.2 Å². The number of rotatable bonds is 21. The smallest absolute Gasteiger partial charge is 0.408 e. The number of benzene rings is 1. The van der Waals surface area contributed by atoms with E-state index in [-0.39, 0.29) is 25.4 Å². The molecule has 0 aliphatic carbocycles. The van der Waals surface area contributed by atoms with Gasteiger partial charge in [-0.05, 0) is 45.6 Å². The summed E-state index contributed by atoms with van der Waals surface area (Å²) in [6.45, 7) is 8.06. The number of nitrogens with one attached hydrogen (secondary N) is 1. The number of ether oxygens (including phenoxy) is 3. The molecule has 7 nitrogen and oxygen atoms in total. The molecule has 0 aliphatic rings. The van der Waals surface area contributed by atoms with Crippen molar-refractivity contribution in [2.75, 3.05) is 6.61 Å². The Labute approximate surface area is 236 Å². The predicted molar refractivity (Wildman–Crippen MR) is 155 cm³/mol. The minimum atomic E-state index is -0.876. The lowest BCUT2D eigenvalue weighted by molar-refractivity contribution is -0.148. The maximum atomic E-state index is 12.7. The molecule has 0 unspecified atom stereocenters. The highest BCUT2D eigenvalue weighted by Crippen LogP contribution is 2.13. The second-order valence-corrected chi connectivity index (χ2v) is 11.3. The zero-order valence-corrected chi connectivity index (χ0v) is 24.9. The van der Waals surface area contributed by atoms with Gasteiger partial charge in [0.15, 0.2) is 0 Å². The van der Waals surface area contributed by atoms with E-state index in [1.807, 2.05) is 30.3 Å². The summed E-state index contributed by atoms with van der Waals surface area (Å²) in [5.41, 5.74) is 0.228. The summed E-state index contributed by atoms with van der Waals surface area (Å²) in [5.74, 6) is -0.846. The van der Waals surface area contributed by atoms with Crippen molar-refractivity contribution in [2.24, 2.45) is 0 Å². The Morgan fingerprint density at radius 1 is 0.769 bits per heavy atom. The lowest BCUT2D eigenvalue weighted by atomic mass is 10.1. The van der Waals surface area contributed by atoms with Gasteiger partial charge in [0, 0.05) is 6.42 Å². The monoisotopic (exact) mass is 547 g/mol. The highest BCUT2D eigenvalue weighted by molar-refractivity contribution is 5.81. The molecule has 0 aliphatic heterocycles. The van der Waals surface area contributed by atoms with Gasteiger partial charge in [0.05, 0.1) is 6.61 Å². The molecule has 0 radical (unpaired) electrons. The van der Waals surface area contributed by atoms with Gasteiger partial charge >= 0.3 is 18.0 Å². The van der Waals surface area contributed by atoms with Crippen LogP contribution in [0.3, 0.4) is 0 Å². The Balaban J connectivity index is 2.30. The van der Waals surface area contributed by atoms with Crippen LogP contribution in [0.5, 0.6) is 0 Å². The zero-order chi connectivity index (χ0) is 28.8. The maximum Gasteiger partial charge on any atom is 0.408 e. The fraction of sp³-hybridized carbons (Fsp3) is 0.719. The molecule has 7 heteroatoms. The normalized spacial score (nSPS) is 12.0. The lowest BCUT2D eigenvalue weighted by Gasteiger charge is -2.23. The van der Waals surface area contributed by atoms with Crippen LogP contribution < -0.4 is 5.32 Å². The number of amides is 1. The molecule has 0 fully saturated rings. The van der Waals surface area contributed by atoms with Crippen molar-refractivity contribution in [2.45, 2.75) is 142 Å². The first-order chi connectivity index (χ1) is 18.7. The van der Waals surface area contributed by atoms with E-state index in [9.17, 15) is 14.4 Å². The summed E-state index contributed by atoms with van der Waals surface area (Å²) >= 11 is 0. The van der Waals surface area contributed by atoms with Crippen LogP contribution in [-0.2, 0) is 30.4 Å². The minimum Gasteiger partial charge on any atom is -0.464 e. The van der Waals surface area contributed by atoms with Crippen LogP contribution in [0.4, 0.5) is 4.79 Å². The number of carbonyl (C=O) groups excluding carboxylic acids is 3. The SMILES string of the molecule is CCCCCCCCCCCCCCOC(=O)[C@H](CCCC(=O)OCc1ccccc1)NC(=O)OC(C)(C)C. The molecule has 0 bridgehead atoms. The van der Waals surface area contributed by atoms with Crippen LogP contribution >= 0.6 is 0 Å². The number of hydrogen-bond donors (Lipinski definition) is 1. The van der Waals surface area contributed by atoms with Gasteiger partial charge in [-0.3, -0.25) is 4.79 Å². The van der Waals surface area contributed by atoms with Gasteiger partial charge < -0.3 is 19.5 Å². The Bertz CT molecular complexity index is 790. The summed E-state index contributed by atoms with van der Waals surface area (Å²) in [6.07, 6.45) is 14.9. The average molecular weight is 548 g/mol. The van der Waals surface area contributed by atoms with Crippen molar-refractivity contribution >= 4 is 18.0 Å². The average Bonchev–Trinajstić information content (AvgIpc) is 2.89. The molecule has 0 aromatic heterocycles. The molecule has 0 heterocycles. The summed E-state index contributed by atoms with van der Waals surface area (Å²) < 4.78 is 16.1. The van der Waals surface area contributed by atoms with Crippen LogP contribution in [0.25, 0.3) is 0 Å². The molecule has 1 aromatic carbocycles. The molecular formula is C32H53NO6. The van der Waals surface area contributed by atoms with Crippen molar-refractivity contribution in [3.05, 3.63) is 35.9 Å². The van der Waals surface area contributed by atoms with Gasteiger partial charge in [-0.25, -0.2) is 9.59 Å². The number of esters is 2. The third-order valence-corrected chi connectivity index (χ3v) is 6.33. The highest BCUT2D eigenvalue weighted by atomic mass is 16.6. The number of carbonyl (C=O) groups is 3. The van der Waals surface area contributed by atoms with Gasteiger partial charge in [-0.1, -0.05) is 108 Å². The molecule has 1 amide bonds. The Hall–Kier alpha value is -2.57. The molecule has 0 saturated carbocycles. The summed E-state index contributed by atoms with van der Waals surface area (Å²) in [6, 6.07) is 8.58. The summed E-state index contributed by atoms with van der Waals surface area (Å²) in [4.78, 5) is 37.1. The number of unbranched alkanes of at least 4 members (excludes halogenated alkanes) is 11. The Morgan fingerprint density at radius 3 is 1.90 bits per heavy atom. The Morgan fingerprint density at radius 2 is 1.33 bits per heavy atom. The molecule has 222 valence electrons. The topological polar surface area (TPSA) is 90.9 Å². The quantitative estimate of drug-likeness (QED) is 0.0951. The Kier molecular flexibility index (Phi) is 18.8. The first-order valence-electron chi connectivity index (χ1n) is 15.1. The van der Waals surface area contributed by atoms with Crippen molar-refractivity contribution in [3.63, 3.8) is 0 Å². The largest absolute Gasteiger partial charge is 0.464 e. The van der Waals surface area contributed by atoms with Crippen molar-refractivity contribution < 1.29 is 28.6 Å². The zero-order valence-electron chi connectivity index (χ0n) is 24.9. The van der Waals surface area contributed by atoms with Crippen molar-refractivity contribution in [1.82, 2.24) is 5.32 Å². The fourth-order valence-corrected chi connectivity index (χ4v) is 4.18. The molecular weight excluding hydrogens is 494 g/mol. The van der Waals surface area contributed by atoms with Crippen LogP contribution in [0, 0.1) is 0 Å². The number of alkyl carbamates (subject to hydrolysis) is 1. The van der Waals surface area contributed by atoms with E-state index in [0.29, 0.717) is 13.0 Å². The van der Waals surface area contributed by atoms with Gasteiger partial charge in [0.25, 0.3) is 0 Å².